The normalized spacial score (nSPS) is 11.7. The highest BCUT2D eigenvalue weighted by molar-refractivity contribution is 8.03. The highest BCUT2D eigenvalue weighted by Gasteiger charge is 2.35. The maximum Gasteiger partial charge on any atom is 0.256 e. The zero-order valence-corrected chi connectivity index (χ0v) is 18.2. The largest absolute Gasteiger partial charge is 0.256 e. The molecular weight excluding hydrogens is 432 g/mol. The molecule has 0 fully saturated rings. The summed E-state index contributed by atoms with van der Waals surface area (Å²) in [6, 6.07) is 20.3. The van der Waals surface area contributed by atoms with Crippen LogP contribution in [-0.4, -0.2) is 20.5 Å². The molecule has 0 N–H and O–H groups in total. The van der Waals surface area contributed by atoms with E-state index >= 15 is 0 Å². The third-order valence-electron chi connectivity index (χ3n) is 4.56. The number of rotatable bonds is 8. The van der Waals surface area contributed by atoms with Crippen molar-refractivity contribution in [2.45, 2.75) is 17.2 Å². The van der Waals surface area contributed by atoms with E-state index < -0.39 is 25.8 Å². The first-order chi connectivity index (χ1) is 14.8. The average molecular weight is 453 g/mol. The average Bonchev–Trinajstić information content (AvgIpc) is 2.78. The van der Waals surface area contributed by atoms with E-state index in [1.807, 2.05) is 0 Å². The zero-order chi connectivity index (χ0) is 22.5. The SMILES string of the molecule is [C-]#[N+]c1ccc(CN(S(=O)(=O)Cc2ccc(C=C)cc2)S(=O)(=O)c2ccccc2)cc1. The maximum absolute atomic E-state index is 13.3. The fraction of sp³-hybridized carbons (Fsp3) is 0.0870. The van der Waals surface area contributed by atoms with Crippen LogP contribution in [0.5, 0.6) is 0 Å². The molecule has 0 radical (unpaired) electrons. The van der Waals surface area contributed by atoms with Gasteiger partial charge in [0.05, 0.1) is 23.8 Å². The van der Waals surface area contributed by atoms with Crippen LogP contribution in [0, 0.1) is 6.57 Å². The molecule has 31 heavy (non-hydrogen) atoms. The fourth-order valence-electron chi connectivity index (χ4n) is 2.90. The summed E-state index contributed by atoms with van der Waals surface area (Å²) >= 11 is 0. The van der Waals surface area contributed by atoms with Crippen LogP contribution < -0.4 is 0 Å². The second-order valence-electron chi connectivity index (χ2n) is 6.73. The van der Waals surface area contributed by atoms with Crippen molar-refractivity contribution < 1.29 is 16.8 Å². The lowest BCUT2D eigenvalue weighted by Gasteiger charge is -2.22. The molecule has 0 amide bonds. The van der Waals surface area contributed by atoms with Gasteiger partial charge >= 0.3 is 0 Å². The van der Waals surface area contributed by atoms with Gasteiger partial charge in [0.2, 0.25) is 10.0 Å². The predicted octanol–water partition coefficient (Wildman–Crippen LogP) is 4.60. The van der Waals surface area contributed by atoms with Crippen LogP contribution in [0.3, 0.4) is 0 Å². The van der Waals surface area contributed by atoms with Crippen molar-refractivity contribution >= 4 is 31.8 Å². The molecule has 0 bridgehead atoms. The number of hydrogen-bond acceptors (Lipinski definition) is 4. The first-order valence-corrected chi connectivity index (χ1v) is 12.3. The lowest BCUT2D eigenvalue weighted by molar-refractivity contribution is 0.494. The molecule has 0 spiro atoms. The van der Waals surface area contributed by atoms with E-state index in [0.717, 1.165) is 5.56 Å². The summed E-state index contributed by atoms with van der Waals surface area (Å²) < 4.78 is 53.7. The minimum absolute atomic E-state index is 0.113. The Morgan fingerprint density at radius 3 is 1.97 bits per heavy atom. The van der Waals surface area contributed by atoms with Crippen molar-refractivity contribution in [2.75, 3.05) is 0 Å². The molecule has 0 aliphatic rings. The van der Waals surface area contributed by atoms with Gasteiger partial charge in [-0.1, -0.05) is 83.1 Å². The molecule has 3 aromatic carbocycles. The summed E-state index contributed by atoms with van der Waals surface area (Å²) in [5.41, 5.74) is 2.13. The van der Waals surface area contributed by atoms with Crippen LogP contribution in [-0.2, 0) is 32.3 Å². The van der Waals surface area contributed by atoms with E-state index in [1.165, 1.54) is 36.4 Å². The molecule has 158 valence electrons. The van der Waals surface area contributed by atoms with Gasteiger partial charge < -0.3 is 0 Å². The van der Waals surface area contributed by atoms with Crippen LogP contribution in [0.2, 0.25) is 0 Å². The first-order valence-electron chi connectivity index (χ1n) is 9.25. The molecule has 0 saturated heterocycles. The Labute approximate surface area is 183 Å². The standard InChI is InChI=1S/C23H20N2O4S2/c1-3-19-9-11-21(12-10-19)18-30(26,27)25(17-20-13-15-22(24-2)16-14-20)31(28,29)23-7-5-4-6-8-23/h3-16H,1,17-18H2. The van der Waals surface area contributed by atoms with Crippen LogP contribution in [0.15, 0.2) is 90.3 Å². The number of nitrogens with zero attached hydrogens (tertiary/aromatic N) is 2. The molecule has 0 aromatic heterocycles. The molecule has 0 heterocycles. The van der Waals surface area contributed by atoms with Crippen molar-refractivity contribution in [3.05, 3.63) is 114 Å². The first kappa shape index (κ1) is 22.4. The molecule has 6 nitrogen and oxygen atoms in total. The Bertz CT molecular complexity index is 1310. The van der Waals surface area contributed by atoms with Crippen molar-refractivity contribution in [3.8, 4) is 0 Å². The quantitative estimate of drug-likeness (QED) is 0.468. The van der Waals surface area contributed by atoms with Gasteiger partial charge in [-0.05, 0) is 28.8 Å². The topological polar surface area (TPSA) is 75.9 Å². The molecule has 0 unspecified atom stereocenters. The number of hydrogen-bond donors (Lipinski definition) is 0. The van der Waals surface area contributed by atoms with Gasteiger partial charge in [0.25, 0.3) is 10.0 Å². The van der Waals surface area contributed by atoms with E-state index in [1.54, 1.807) is 48.5 Å². The molecule has 3 rings (SSSR count). The third-order valence-corrected chi connectivity index (χ3v) is 8.81. The van der Waals surface area contributed by atoms with Crippen molar-refractivity contribution in [3.63, 3.8) is 0 Å². The Morgan fingerprint density at radius 1 is 0.839 bits per heavy atom. The van der Waals surface area contributed by atoms with Gasteiger partial charge in [0.1, 0.15) is 0 Å². The Morgan fingerprint density at radius 2 is 1.42 bits per heavy atom. The molecular formula is C23H20N2O4S2. The zero-order valence-electron chi connectivity index (χ0n) is 16.5. The van der Waals surface area contributed by atoms with E-state index in [9.17, 15) is 16.8 Å². The van der Waals surface area contributed by atoms with Crippen LogP contribution in [0.25, 0.3) is 10.9 Å². The minimum Gasteiger partial charge on any atom is -0.238 e. The third kappa shape index (κ3) is 5.27. The lowest BCUT2D eigenvalue weighted by Crippen LogP contribution is -2.37. The summed E-state index contributed by atoms with van der Waals surface area (Å²) in [6.45, 7) is 10.3. The van der Waals surface area contributed by atoms with E-state index in [2.05, 4.69) is 11.4 Å². The molecule has 0 aliphatic carbocycles. The molecule has 8 heteroatoms. The van der Waals surface area contributed by atoms with Gasteiger partial charge in [-0.2, -0.15) is 0 Å². The fourth-order valence-corrected chi connectivity index (χ4v) is 6.67. The van der Waals surface area contributed by atoms with Crippen LogP contribution in [0.4, 0.5) is 5.69 Å². The molecule has 0 atom stereocenters. The van der Waals surface area contributed by atoms with Crippen LogP contribution in [0.1, 0.15) is 16.7 Å². The number of sulfonamides is 2. The highest BCUT2D eigenvalue weighted by Crippen LogP contribution is 2.25. The van der Waals surface area contributed by atoms with E-state index in [0.29, 0.717) is 20.5 Å². The van der Waals surface area contributed by atoms with Crippen molar-refractivity contribution in [1.82, 2.24) is 3.71 Å². The Kier molecular flexibility index (Phi) is 6.71. The van der Waals surface area contributed by atoms with Gasteiger partial charge in [-0.15, -0.1) is 0 Å². The minimum atomic E-state index is -4.34. The lowest BCUT2D eigenvalue weighted by atomic mass is 10.1. The Balaban J connectivity index is 2.02. The van der Waals surface area contributed by atoms with Gasteiger partial charge in [-0.25, -0.2) is 21.7 Å². The summed E-state index contributed by atoms with van der Waals surface area (Å²) in [5.74, 6) is -0.476. The summed E-state index contributed by atoms with van der Waals surface area (Å²) in [7, 11) is -8.59. The maximum atomic E-state index is 13.3. The second-order valence-corrected chi connectivity index (χ2v) is 10.7. The second kappa shape index (κ2) is 9.27. The van der Waals surface area contributed by atoms with Crippen molar-refractivity contribution in [1.29, 1.82) is 0 Å². The van der Waals surface area contributed by atoms with E-state index in [4.69, 9.17) is 6.57 Å². The highest BCUT2D eigenvalue weighted by atomic mass is 32.3. The molecule has 0 saturated carbocycles. The van der Waals surface area contributed by atoms with E-state index in [-0.39, 0.29) is 11.4 Å². The van der Waals surface area contributed by atoms with Crippen molar-refractivity contribution in [2.24, 2.45) is 0 Å². The van der Waals surface area contributed by atoms with Crippen LogP contribution >= 0.6 is 0 Å². The molecule has 0 aliphatic heterocycles. The summed E-state index contributed by atoms with van der Waals surface area (Å²) in [5, 5.41) is 0. The Hall–Kier alpha value is -3.25. The molecule has 3 aromatic rings. The summed E-state index contributed by atoms with van der Waals surface area (Å²) in [6.07, 6.45) is 1.64. The smallest absolute Gasteiger partial charge is 0.238 e. The predicted molar refractivity (Wildman–Crippen MR) is 121 cm³/mol. The van der Waals surface area contributed by atoms with Gasteiger partial charge in [-0.3, -0.25) is 0 Å². The number of benzene rings is 3. The summed E-state index contributed by atoms with van der Waals surface area (Å²) in [4.78, 5) is 3.19. The monoisotopic (exact) mass is 452 g/mol. The van der Waals surface area contributed by atoms with Gasteiger partial charge in [0, 0.05) is 0 Å². The van der Waals surface area contributed by atoms with Gasteiger partial charge in [0.15, 0.2) is 5.69 Å².